The topological polar surface area (TPSA) is 87.3 Å². The number of carbonyl (C=O) groups excluding carboxylic acids is 3. The first-order chi connectivity index (χ1) is 10.2. The van der Waals surface area contributed by atoms with Crippen molar-refractivity contribution in [2.75, 3.05) is 18.9 Å². The maximum absolute atomic E-state index is 11.8. The molecular weight excluding hydrogens is 282 g/mol. The van der Waals surface area contributed by atoms with E-state index >= 15 is 0 Å². The molecule has 0 atom stereocenters. The number of carbonyl (C=O) groups is 3. The van der Waals surface area contributed by atoms with Crippen LogP contribution >= 0.6 is 0 Å². The summed E-state index contributed by atoms with van der Waals surface area (Å²) in [5.41, 5.74) is 0.970. The molecule has 6 heteroatoms. The highest BCUT2D eigenvalue weighted by Crippen LogP contribution is 2.17. The molecule has 6 nitrogen and oxygen atoms in total. The molecule has 0 saturated carbocycles. The van der Waals surface area contributed by atoms with E-state index in [1.807, 2.05) is 20.8 Å². The number of amides is 3. The molecule has 3 N–H and O–H groups in total. The van der Waals surface area contributed by atoms with E-state index < -0.39 is 0 Å². The average molecular weight is 305 g/mol. The van der Waals surface area contributed by atoms with Gasteiger partial charge in [0.05, 0.1) is 6.54 Å². The summed E-state index contributed by atoms with van der Waals surface area (Å²) >= 11 is 0. The fourth-order valence-electron chi connectivity index (χ4n) is 1.78. The van der Waals surface area contributed by atoms with E-state index in [0.29, 0.717) is 17.7 Å². The Morgan fingerprint density at radius 1 is 1.00 bits per heavy atom. The second kappa shape index (κ2) is 7.59. The summed E-state index contributed by atoms with van der Waals surface area (Å²) in [7, 11) is 1.55. The molecule has 1 aromatic carbocycles. The Hall–Kier alpha value is -2.37. The lowest BCUT2D eigenvalue weighted by atomic mass is 9.92. The highest BCUT2D eigenvalue weighted by Gasteiger charge is 2.16. The standard InChI is InChI=1S/C16H23N3O3/c1-16(2,3)9-13(20)18-10-14(21)19-12-7-5-11(6-8-12)15(22)17-4/h5-8H,9-10H2,1-4H3,(H,17,22)(H,18,20)(H,19,21). The predicted molar refractivity (Wildman–Crippen MR) is 85.5 cm³/mol. The molecule has 0 fully saturated rings. The lowest BCUT2D eigenvalue weighted by Gasteiger charge is -2.17. The van der Waals surface area contributed by atoms with Gasteiger partial charge in [0, 0.05) is 24.7 Å². The van der Waals surface area contributed by atoms with E-state index in [2.05, 4.69) is 16.0 Å². The largest absolute Gasteiger partial charge is 0.355 e. The molecule has 0 radical (unpaired) electrons. The minimum Gasteiger partial charge on any atom is -0.355 e. The summed E-state index contributed by atoms with van der Waals surface area (Å²) in [5, 5.41) is 7.76. The van der Waals surface area contributed by atoms with E-state index in [9.17, 15) is 14.4 Å². The fraction of sp³-hybridized carbons (Fsp3) is 0.438. The van der Waals surface area contributed by atoms with Crippen LogP contribution in [0.25, 0.3) is 0 Å². The van der Waals surface area contributed by atoms with Crippen molar-refractivity contribution in [1.82, 2.24) is 10.6 Å². The van der Waals surface area contributed by atoms with Gasteiger partial charge in [-0.3, -0.25) is 14.4 Å². The van der Waals surface area contributed by atoms with Crippen molar-refractivity contribution < 1.29 is 14.4 Å². The third-order valence-corrected chi connectivity index (χ3v) is 2.79. The van der Waals surface area contributed by atoms with Gasteiger partial charge in [-0.25, -0.2) is 0 Å². The van der Waals surface area contributed by atoms with Gasteiger partial charge in [-0.05, 0) is 29.7 Å². The summed E-state index contributed by atoms with van der Waals surface area (Å²) in [6.07, 6.45) is 0.362. The third kappa shape index (κ3) is 6.39. The number of hydrogen-bond donors (Lipinski definition) is 3. The second-order valence-electron chi connectivity index (χ2n) is 6.22. The summed E-state index contributed by atoms with van der Waals surface area (Å²) in [4.78, 5) is 34.8. The van der Waals surface area contributed by atoms with Crippen LogP contribution in [0.15, 0.2) is 24.3 Å². The Labute approximate surface area is 130 Å². The highest BCUT2D eigenvalue weighted by atomic mass is 16.2. The van der Waals surface area contributed by atoms with E-state index in [1.54, 1.807) is 31.3 Å². The zero-order valence-corrected chi connectivity index (χ0v) is 13.4. The van der Waals surface area contributed by atoms with Crippen LogP contribution in [0.5, 0.6) is 0 Å². The Morgan fingerprint density at radius 3 is 2.09 bits per heavy atom. The van der Waals surface area contributed by atoms with Crippen LogP contribution in [0.2, 0.25) is 0 Å². The molecule has 0 saturated heterocycles. The van der Waals surface area contributed by atoms with E-state index in [4.69, 9.17) is 0 Å². The van der Waals surface area contributed by atoms with Gasteiger partial charge in [0.15, 0.2) is 0 Å². The number of hydrogen-bond acceptors (Lipinski definition) is 3. The molecule has 0 spiro atoms. The molecule has 0 aliphatic carbocycles. The van der Waals surface area contributed by atoms with Crippen molar-refractivity contribution in [1.29, 1.82) is 0 Å². The van der Waals surface area contributed by atoms with Gasteiger partial charge in [-0.2, -0.15) is 0 Å². The predicted octanol–water partition coefficient (Wildman–Crippen LogP) is 1.54. The van der Waals surface area contributed by atoms with E-state index in [1.165, 1.54) is 0 Å². The van der Waals surface area contributed by atoms with E-state index in [-0.39, 0.29) is 29.7 Å². The Morgan fingerprint density at radius 2 is 1.59 bits per heavy atom. The lowest BCUT2D eigenvalue weighted by molar-refractivity contribution is -0.125. The molecule has 0 unspecified atom stereocenters. The van der Waals surface area contributed by atoms with Gasteiger partial charge < -0.3 is 16.0 Å². The minimum atomic E-state index is -0.310. The van der Waals surface area contributed by atoms with Crippen LogP contribution < -0.4 is 16.0 Å². The molecule has 1 aromatic rings. The molecule has 3 amide bonds. The molecule has 1 rings (SSSR count). The van der Waals surface area contributed by atoms with Crippen molar-refractivity contribution in [2.24, 2.45) is 5.41 Å². The molecule has 0 aromatic heterocycles. The first-order valence-electron chi connectivity index (χ1n) is 7.10. The monoisotopic (exact) mass is 305 g/mol. The first kappa shape index (κ1) is 17.7. The maximum atomic E-state index is 11.8. The third-order valence-electron chi connectivity index (χ3n) is 2.79. The smallest absolute Gasteiger partial charge is 0.251 e. The van der Waals surface area contributed by atoms with Crippen molar-refractivity contribution >= 4 is 23.4 Å². The highest BCUT2D eigenvalue weighted by molar-refractivity contribution is 5.96. The van der Waals surface area contributed by atoms with E-state index in [0.717, 1.165) is 0 Å². The van der Waals surface area contributed by atoms with Crippen LogP contribution in [0.4, 0.5) is 5.69 Å². The second-order valence-corrected chi connectivity index (χ2v) is 6.22. The molecular formula is C16H23N3O3. The average Bonchev–Trinajstić information content (AvgIpc) is 2.43. The quantitative estimate of drug-likeness (QED) is 0.771. The zero-order valence-electron chi connectivity index (χ0n) is 13.4. The molecule has 0 heterocycles. The van der Waals surface area contributed by atoms with Gasteiger partial charge in [-0.15, -0.1) is 0 Å². The Balaban J connectivity index is 2.45. The number of nitrogens with one attached hydrogen (secondary N) is 3. The van der Waals surface area contributed by atoms with Gasteiger partial charge >= 0.3 is 0 Å². The van der Waals surface area contributed by atoms with Gasteiger partial charge in [0.1, 0.15) is 0 Å². The molecule has 22 heavy (non-hydrogen) atoms. The number of anilines is 1. The summed E-state index contributed by atoms with van der Waals surface area (Å²) in [5.74, 6) is -0.653. The number of benzene rings is 1. The molecule has 120 valence electrons. The van der Waals surface area contributed by atoms with Crippen LogP contribution in [-0.4, -0.2) is 31.3 Å². The molecule has 0 aliphatic rings. The first-order valence-corrected chi connectivity index (χ1v) is 7.10. The maximum Gasteiger partial charge on any atom is 0.251 e. The lowest BCUT2D eigenvalue weighted by Crippen LogP contribution is -2.34. The van der Waals surface area contributed by atoms with Gasteiger partial charge in [0.25, 0.3) is 5.91 Å². The zero-order chi connectivity index (χ0) is 16.8. The summed E-state index contributed by atoms with van der Waals surface area (Å²) < 4.78 is 0. The summed E-state index contributed by atoms with van der Waals surface area (Å²) in [6, 6.07) is 6.51. The normalized spacial score (nSPS) is 10.7. The Bertz CT molecular complexity index is 545. The van der Waals surface area contributed by atoms with Crippen LogP contribution in [0, 0.1) is 5.41 Å². The van der Waals surface area contributed by atoms with Crippen molar-refractivity contribution in [3.8, 4) is 0 Å². The van der Waals surface area contributed by atoms with Crippen LogP contribution in [0.1, 0.15) is 37.6 Å². The number of rotatable bonds is 5. The molecule has 0 bridgehead atoms. The van der Waals surface area contributed by atoms with Crippen molar-refractivity contribution in [2.45, 2.75) is 27.2 Å². The Kier molecular flexibility index (Phi) is 6.10. The van der Waals surface area contributed by atoms with Crippen LogP contribution in [-0.2, 0) is 9.59 Å². The van der Waals surface area contributed by atoms with Gasteiger partial charge in [-0.1, -0.05) is 20.8 Å². The fourth-order valence-corrected chi connectivity index (χ4v) is 1.78. The van der Waals surface area contributed by atoms with Crippen molar-refractivity contribution in [3.63, 3.8) is 0 Å². The SMILES string of the molecule is CNC(=O)c1ccc(NC(=O)CNC(=O)CC(C)(C)C)cc1. The summed E-state index contributed by atoms with van der Waals surface area (Å²) in [6.45, 7) is 5.80. The van der Waals surface area contributed by atoms with Crippen LogP contribution in [0.3, 0.4) is 0 Å². The minimum absolute atomic E-state index is 0.0773. The van der Waals surface area contributed by atoms with Crippen molar-refractivity contribution in [3.05, 3.63) is 29.8 Å². The molecule has 0 aliphatic heterocycles. The van der Waals surface area contributed by atoms with Gasteiger partial charge in [0.2, 0.25) is 11.8 Å².